The lowest BCUT2D eigenvalue weighted by Crippen LogP contribution is -2.16. The van der Waals surface area contributed by atoms with E-state index in [4.69, 9.17) is 27.1 Å². The molecular weight excluding hydrogens is 117 g/mol. The van der Waals surface area contributed by atoms with E-state index < -0.39 is 11.7 Å². The van der Waals surface area contributed by atoms with Crippen LogP contribution in [0.2, 0.25) is 0 Å². The maximum Gasteiger partial charge on any atom is 0.180 e. The van der Waals surface area contributed by atoms with E-state index in [9.17, 15) is 0 Å². The number of halogens is 1. The van der Waals surface area contributed by atoms with Crippen molar-refractivity contribution in [2.75, 3.05) is 0 Å². The smallest absolute Gasteiger partial charge is 0.180 e. The second kappa shape index (κ2) is 2.80. The number of rotatable bonds is 1. The SMILES string of the molecule is N#CC(O)C(O)Cl. The highest BCUT2D eigenvalue weighted by Crippen LogP contribution is 1.94. The summed E-state index contributed by atoms with van der Waals surface area (Å²) < 4.78 is 0. The van der Waals surface area contributed by atoms with E-state index >= 15 is 0 Å². The van der Waals surface area contributed by atoms with Crippen molar-refractivity contribution in [1.29, 1.82) is 5.26 Å². The molecule has 40 valence electrons. The molecule has 0 fully saturated rings. The van der Waals surface area contributed by atoms with E-state index in [0.29, 0.717) is 0 Å². The molecule has 2 unspecified atom stereocenters. The summed E-state index contributed by atoms with van der Waals surface area (Å²) >= 11 is 4.81. The van der Waals surface area contributed by atoms with Gasteiger partial charge < -0.3 is 10.2 Å². The van der Waals surface area contributed by atoms with Gasteiger partial charge in [-0.1, -0.05) is 11.6 Å². The Balaban J connectivity index is 3.40. The van der Waals surface area contributed by atoms with E-state index in [1.807, 2.05) is 0 Å². The van der Waals surface area contributed by atoms with Crippen molar-refractivity contribution in [3.8, 4) is 6.07 Å². The summed E-state index contributed by atoms with van der Waals surface area (Å²) in [7, 11) is 0. The van der Waals surface area contributed by atoms with Crippen LogP contribution in [-0.2, 0) is 0 Å². The normalized spacial score (nSPS) is 17.4. The average molecular weight is 122 g/mol. The Morgan fingerprint density at radius 1 is 1.57 bits per heavy atom. The first-order valence-electron chi connectivity index (χ1n) is 1.58. The molecule has 3 nitrogen and oxygen atoms in total. The quantitative estimate of drug-likeness (QED) is 0.361. The molecule has 0 rings (SSSR count). The number of hydrogen-bond acceptors (Lipinski definition) is 3. The molecular formula is C3H4ClNO2. The van der Waals surface area contributed by atoms with Crippen molar-refractivity contribution < 1.29 is 10.2 Å². The van der Waals surface area contributed by atoms with Gasteiger partial charge >= 0.3 is 0 Å². The fraction of sp³-hybridized carbons (Fsp3) is 0.667. The molecule has 0 aromatic carbocycles. The summed E-state index contributed by atoms with van der Waals surface area (Å²) in [5, 5.41) is 24.1. The molecule has 0 spiro atoms. The van der Waals surface area contributed by atoms with E-state index in [0.717, 1.165) is 0 Å². The zero-order valence-electron chi connectivity index (χ0n) is 3.37. The van der Waals surface area contributed by atoms with Gasteiger partial charge in [-0.3, -0.25) is 0 Å². The van der Waals surface area contributed by atoms with Gasteiger partial charge in [0.25, 0.3) is 0 Å². The van der Waals surface area contributed by atoms with Crippen LogP contribution in [0.3, 0.4) is 0 Å². The number of nitriles is 1. The lowest BCUT2D eigenvalue weighted by atomic mass is 10.4. The molecule has 4 heteroatoms. The van der Waals surface area contributed by atoms with Crippen molar-refractivity contribution in [1.82, 2.24) is 0 Å². The largest absolute Gasteiger partial charge is 0.374 e. The molecule has 0 saturated heterocycles. The number of hydrogen-bond donors (Lipinski definition) is 2. The van der Waals surface area contributed by atoms with Gasteiger partial charge in [0, 0.05) is 0 Å². The molecule has 0 aromatic heterocycles. The van der Waals surface area contributed by atoms with Crippen molar-refractivity contribution >= 4 is 11.6 Å². The van der Waals surface area contributed by atoms with Crippen molar-refractivity contribution in [3.05, 3.63) is 0 Å². The van der Waals surface area contributed by atoms with Crippen LogP contribution < -0.4 is 0 Å². The predicted molar refractivity (Wildman–Crippen MR) is 23.5 cm³/mol. The summed E-state index contributed by atoms with van der Waals surface area (Å²) in [6.07, 6.45) is -1.47. The summed E-state index contributed by atoms with van der Waals surface area (Å²) in [5.74, 6) is 0. The maximum absolute atomic E-state index is 8.19. The lowest BCUT2D eigenvalue weighted by molar-refractivity contribution is 0.108. The summed E-state index contributed by atoms with van der Waals surface area (Å²) in [6.45, 7) is 0. The Hall–Kier alpha value is -0.300. The zero-order valence-corrected chi connectivity index (χ0v) is 4.13. The van der Waals surface area contributed by atoms with E-state index in [-0.39, 0.29) is 0 Å². The summed E-state index contributed by atoms with van der Waals surface area (Å²) in [5.41, 5.74) is -1.47. The Bertz CT molecular complexity index is 87.4. The molecule has 0 radical (unpaired) electrons. The van der Waals surface area contributed by atoms with E-state index in [1.165, 1.54) is 6.07 Å². The highest BCUT2D eigenvalue weighted by molar-refractivity contribution is 6.20. The van der Waals surface area contributed by atoms with Crippen LogP contribution in [-0.4, -0.2) is 21.9 Å². The number of nitrogens with zero attached hydrogens (tertiary/aromatic N) is 1. The Labute approximate surface area is 45.8 Å². The molecule has 7 heavy (non-hydrogen) atoms. The van der Waals surface area contributed by atoms with Crippen LogP contribution >= 0.6 is 11.6 Å². The van der Waals surface area contributed by atoms with Crippen LogP contribution in [0.5, 0.6) is 0 Å². The first-order chi connectivity index (χ1) is 3.18. The van der Waals surface area contributed by atoms with Crippen molar-refractivity contribution in [2.45, 2.75) is 11.7 Å². The summed E-state index contributed by atoms with van der Waals surface area (Å²) in [6, 6.07) is 1.34. The predicted octanol–water partition coefficient (Wildman–Crippen LogP) is -0.572. The fourth-order valence-electron chi connectivity index (χ4n) is 0.0615. The second-order valence-corrected chi connectivity index (χ2v) is 1.39. The third-order valence-electron chi connectivity index (χ3n) is 0.393. The first-order valence-corrected chi connectivity index (χ1v) is 2.02. The Morgan fingerprint density at radius 3 is 2.00 bits per heavy atom. The van der Waals surface area contributed by atoms with Gasteiger partial charge in [-0.25, -0.2) is 0 Å². The molecule has 0 aliphatic rings. The maximum atomic E-state index is 8.19. The van der Waals surface area contributed by atoms with Crippen LogP contribution in [0, 0.1) is 11.3 Å². The Kier molecular flexibility index (Phi) is 2.68. The zero-order chi connectivity index (χ0) is 5.86. The molecule has 0 aliphatic heterocycles. The van der Waals surface area contributed by atoms with Crippen LogP contribution in [0.1, 0.15) is 0 Å². The Morgan fingerprint density at radius 2 is 2.00 bits per heavy atom. The van der Waals surface area contributed by atoms with Crippen LogP contribution in [0.15, 0.2) is 0 Å². The van der Waals surface area contributed by atoms with Crippen LogP contribution in [0.4, 0.5) is 0 Å². The standard InChI is InChI=1S/C3H4ClNO2/c4-3(7)2(6)1-5/h2-3,6-7H. The van der Waals surface area contributed by atoms with Crippen LogP contribution in [0.25, 0.3) is 0 Å². The topological polar surface area (TPSA) is 64.2 Å². The molecule has 0 bridgehead atoms. The van der Waals surface area contributed by atoms with Gasteiger partial charge in [-0.15, -0.1) is 0 Å². The molecule has 0 aromatic rings. The fourth-order valence-corrected chi connectivity index (χ4v) is 0.118. The minimum absolute atomic E-state index is 1.34. The minimum Gasteiger partial charge on any atom is -0.374 e. The second-order valence-electron chi connectivity index (χ2n) is 0.947. The third kappa shape index (κ3) is 2.40. The molecule has 2 atom stereocenters. The van der Waals surface area contributed by atoms with Gasteiger partial charge in [0.1, 0.15) is 0 Å². The van der Waals surface area contributed by atoms with E-state index in [2.05, 4.69) is 0 Å². The minimum atomic E-state index is -1.47. The lowest BCUT2D eigenvalue weighted by Gasteiger charge is -1.98. The average Bonchev–Trinajstić information content (AvgIpc) is 1.65. The highest BCUT2D eigenvalue weighted by Gasteiger charge is 2.09. The van der Waals surface area contributed by atoms with Gasteiger partial charge in [0.15, 0.2) is 11.7 Å². The molecule has 0 saturated carbocycles. The van der Waals surface area contributed by atoms with E-state index in [1.54, 1.807) is 0 Å². The van der Waals surface area contributed by atoms with Crippen molar-refractivity contribution in [2.24, 2.45) is 0 Å². The van der Waals surface area contributed by atoms with Crippen molar-refractivity contribution in [3.63, 3.8) is 0 Å². The number of aliphatic hydroxyl groups is 2. The third-order valence-corrected chi connectivity index (χ3v) is 0.631. The molecule has 0 amide bonds. The van der Waals surface area contributed by atoms with Gasteiger partial charge in [0.2, 0.25) is 0 Å². The monoisotopic (exact) mass is 121 g/mol. The van der Waals surface area contributed by atoms with Gasteiger partial charge in [-0.05, 0) is 0 Å². The highest BCUT2D eigenvalue weighted by atomic mass is 35.5. The number of aliphatic hydroxyl groups excluding tert-OH is 2. The van der Waals surface area contributed by atoms with Gasteiger partial charge in [-0.2, -0.15) is 5.26 Å². The number of alkyl halides is 1. The summed E-state index contributed by atoms with van der Waals surface area (Å²) in [4.78, 5) is 0. The van der Waals surface area contributed by atoms with Gasteiger partial charge in [0.05, 0.1) is 6.07 Å². The molecule has 0 aliphatic carbocycles. The molecule has 2 N–H and O–H groups in total. The molecule has 0 heterocycles. The first kappa shape index (κ1) is 6.70.